The molecule has 1 fully saturated rings. The number of amides is 2. The van der Waals surface area contributed by atoms with Gasteiger partial charge in [-0.25, -0.2) is 4.98 Å². The Morgan fingerprint density at radius 1 is 1.12 bits per heavy atom. The van der Waals surface area contributed by atoms with Gasteiger partial charge in [-0.15, -0.1) is 0 Å². The van der Waals surface area contributed by atoms with E-state index in [9.17, 15) is 9.59 Å². The molecule has 1 saturated heterocycles. The van der Waals surface area contributed by atoms with E-state index in [4.69, 9.17) is 5.26 Å². The average molecular weight is 452 g/mol. The van der Waals surface area contributed by atoms with Crippen molar-refractivity contribution >= 4 is 23.0 Å². The van der Waals surface area contributed by atoms with Crippen molar-refractivity contribution in [3.8, 4) is 17.2 Å². The standard InChI is InChI=1S/C27H25N5O2/c1-4-20(15-28)6-5-19(2)24-16-29-25-12-11-23(17-32(24)25)21-7-9-22(10-8-21)27(34)31-14-13-30(3)26(33)18-31/h4-12,16-17H,1,13-14,18H2,2-3H3. The molecule has 0 saturated carbocycles. The number of imidazole rings is 1. The van der Waals surface area contributed by atoms with Crippen LogP contribution in [0.2, 0.25) is 0 Å². The Labute approximate surface area is 198 Å². The van der Waals surface area contributed by atoms with Gasteiger partial charge in [-0.3, -0.25) is 14.0 Å². The van der Waals surface area contributed by atoms with Crippen LogP contribution in [0.15, 0.2) is 79.2 Å². The number of carbonyl (C=O) groups excluding carboxylic acids is 2. The van der Waals surface area contributed by atoms with Gasteiger partial charge >= 0.3 is 0 Å². The van der Waals surface area contributed by atoms with Gasteiger partial charge in [-0.2, -0.15) is 5.26 Å². The summed E-state index contributed by atoms with van der Waals surface area (Å²) in [7, 11) is 1.75. The minimum Gasteiger partial charge on any atom is -0.342 e. The summed E-state index contributed by atoms with van der Waals surface area (Å²) >= 11 is 0. The molecule has 7 heteroatoms. The zero-order valence-electron chi connectivity index (χ0n) is 19.2. The Morgan fingerprint density at radius 3 is 2.53 bits per heavy atom. The van der Waals surface area contributed by atoms with Crippen molar-refractivity contribution in [1.29, 1.82) is 5.26 Å². The maximum absolute atomic E-state index is 12.8. The fourth-order valence-electron chi connectivity index (χ4n) is 3.81. The lowest BCUT2D eigenvalue weighted by molar-refractivity contribution is -0.133. The second-order valence-corrected chi connectivity index (χ2v) is 8.20. The lowest BCUT2D eigenvalue weighted by atomic mass is 10.0. The van der Waals surface area contributed by atoms with E-state index < -0.39 is 0 Å². The van der Waals surface area contributed by atoms with Gasteiger partial charge in [0.25, 0.3) is 5.91 Å². The van der Waals surface area contributed by atoms with Crippen LogP contribution in [0.4, 0.5) is 0 Å². The molecular formula is C27H25N5O2. The van der Waals surface area contributed by atoms with E-state index in [2.05, 4.69) is 17.6 Å². The topological polar surface area (TPSA) is 81.7 Å². The normalized spacial score (nSPS) is 14.9. The molecule has 0 N–H and O–H groups in total. The molecule has 0 bridgehead atoms. The second kappa shape index (κ2) is 9.59. The summed E-state index contributed by atoms with van der Waals surface area (Å²) in [6.07, 6.45) is 8.94. The summed E-state index contributed by atoms with van der Waals surface area (Å²) in [6, 6.07) is 13.5. The van der Waals surface area contributed by atoms with Gasteiger partial charge in [0, 0.05) is 31.9 Å². The Hall–Kier alpha value is -4.44. The quantitative estimate of drug-likeness (QED) is 0.434. The molecule has 1 aliphatic rings. The van der Waals surface area contributed by atoms with E-state index >= 15 is 0 Å². The number of fused-ring (bicyclic) bond motifs is 1. The van der Waals surface area contributed by atoms with Gasteiger partial charge in [0.05, 0.1) is 23.5 Å². The van der Waals surface area contributed by atoms with Gasteiger partial charge in [-0.1, -0.05) is 30.9 Å². The minimum atomic E-state index is -0.134. The number of hydrogen-bond donors (Lipinski definition) is 0. The van der Waals surface area contributed by atoms with Gasteiger partial charge in [0.1, 0.15) is 12.2 Å². The van der Waals surface area contributed by atoms with E-state index in [1.54, 1.807) is 41.3 Å². The summed E-state index contributed by atoms with van der Waals surface area (Å²) < 4.78 is 2.00. The van der Waals surface area contributed by atoms with Crippen LogP contribution in [0, 0.1) is 11.3 Å². The van der Waals surface area contributed by atoms with E-state index in [0.29, 0.717) is 24.2 Å². The van der Waals surface area contributed by atoms with Crippen LogP contribution >= 0.6 is 0 Å². The van der Waals surface area contributed by atoms with Crippen molar-refractivity contribution in [2.45, 2.75) is 6.92 Å². The van der Waals surface area contributed by atoms with Crippen LogP contribution in [0.1, 0.15) is 23.0 Å². The predicted molar refractivity (Wildman–Crippen MR) is 132 cm³/mol. The minimum absolute atomic E-state index is 0.0474. The number of piperazine rings is 1. The highest BCUT2D eigenvalue weighted by molar-refractivity contribution is 5.97. The number of benzene rings is 1. The monoisotopic (exact) mass is 451 g/mol. The SMILES string of the molecule is C=CC(C#N)=CC=C(C)c1cnc2ccc(-c3ccc(C(=O)N4CCN(C)C(=O)C4)cc3)cn12. The number of pyridine rings is 1. The number of allylic oxidation sites excluding steroid dienone is 5. The molecule has 4 rings (SSSR count). The van der Waals surface area contributed by atoms with Crippen LogP contribution in [0.25, 0.3) is 22.3 Å². The third kappa shape index (κ3) is 4.52. The molecule has 2 amide bonds. The van der Waals surface area contributed by atoms with Crippen molar-refractivity contribution in [3.05, 3.63) is 90.4 Å². The molecule has 0 atom stereocenters. The second-order valence-electron chi connectivity index (χ2n) is 8.20. The highest BCUT2D eigenvalue weighted by Crippen LogP contribution is 2.24. The molecule has 2 aromatic heterocycles. The molecule has 7 nitrogen and oxygen atoms in total. The van der Waals surface area contributed by atoms with Crippen LogP contribution in [-0.4, -0.2) is 57.7 Å². The zero-order valence-corrected chi connectivity index (χ0v) is 19.2. The first-order chi connectivity index (χ1) is 16.4. The van der Waals surface area contributed by atoms with Crippen molar-refractivity contribution in [2.24, 2.45) is 0 Å². The van der Waals surface area contributed by atoms with Crippen molar-refractivity contribution in [2.75, 3.05) is 26.7 Å². The summed E-state index contributed by atoms with van der Waals surface area (Å²) in [4.78, 5) is 32.5. The van der Waals surface area contributed by atoms with Crippen molar-refractivity contribution < 1.29 is 9.59 Å². The molecule has 34 heavy (non-hydrogen) atoms. The van der Waals surface area contributed by atoms with Crippen LogP contribution in [0.3, 0.4) is 0 Å². The molecule has 1 aromatic carbocycles. The number of likely N-dealkylation sites (N-methyl/N-ethyl adjacent to an activating group) is 1. The van der Waals surface area contributed by atoms with Crippen LogP contribution in [-0.2, 0) is 4.79 Å². The largest absolute Gasteiger partial charge is 0.342 e. The molecule has 0 spiro atoms. The molecule has 0 radical (unpaired) electrons. The number of hydrogen-bond acceptors (Lipinski definition) is 4. The van der Waals surface area contributed by atoms with Crippen LogP contribution < -0.4 is 0 Å². The number of carbonyl (C=O) groups is 2. The number of nitrogens with zero attached hydrogens (tertiary/aromatic N) is 5. The van der Waals surface area contributed by atoms with Gasteiger partial charge < -0.3 is 9.80 Å². The lowest BCUT2D eigenvalue weighted by Crippen LogP contribution is -2.50. The first kappa shape index (κ1) is 22.7. The number of nitriles is 1. The Bertz CT molecular complexity index is 1370. The smallest absolute Gasteiger partial charge is 0.254 e. The Morgan fingerprint density at radius 2 is 1.85 bits per heavy atom. The summed E-state index contributed by atoms with van der Waals surface area (Å²) in [6.45, 7) is 6.80. The molecule has 3 heterocycles. The van der Waals surface area contributed by atoms with E-state index in [-0.39, 0.29) is 18.4 Å². The van der Waals surface area contributed by atoms with Crippen molar-refractivity contribution in [1.82, 2.24) is 19.2 Å². The Kier molecular flexibility index (Phi) is 6.42. The lowest BCUT2D eigenvalue weighted by Gasteiger charge is -2.32. The van der Waals surface area contributed by atoms with Crippen molar-refractivity contribution in [3.63, 3.8) is 0 Å². The predicted octanol–water partition coefficient (Wildman–Crippen LogP) is 3.95. The zero-order chi connectivity index (χ0) is 24.2. The molecule has 3 aromatic rings. The van der Waals surface area contributed by atoms with Crippen LogP contribution in [0.5, 0.6) is 0 Å². The van der Waals surface area contributed by atoms with E-state index in [1.807, 2.05) is 47.9 Å². The number of rotatable bonds is 5. The first-order valence-corrected chi connectivity index (χ1v) is 10.9. The fraction of sp³-hybridized carbons (Fsp3) is 0.185. The summed E-state index contributed by atoms with van der Waals surface area (Å²) in [5.74, 6) is -0.181. The first-order valence-electron chi connectivity index (χ1n) is 10.9. The molecule has 170 valence electrons. The summed E-state index contributed by atoms with van der Waals surface area (Å²) in [5, 5.41) is 9.08. The maximum atomic E-state index is 12.8. The molecular weight excluding hydrogens is 426 g/mol. The highest BCUT2D eigenvalue weighted by atomic mass is 16.2. The third-order valence-corrected chi connectivity index (χ3v) is 5.98. The van der Waals surface area contributed by atoms with Gasteiger partial charge in [-0.05, 0) is 54.0 Å². The highest BCUT2D eigenvalue weighted by Gasteiger charge is 2.25. The van der Waals surface area contributed by atoms with Gasteiger partial charge in [0.15, 0.2) is 0 Å². The average Bonchev–Trinajstić information content (AvgIpc) is 3.29. The van der Waals surface area contributed by atoms with E-state index in [1.165, 1.54) is 6.08 Å². The number of aromatic nitrogens is 2. The summed E-state index contributed by atoms with van der Waals surface area (Å²) in [5.41, 5.74) is 5.69. The fourth-order valence-corrected chi connectivity index (χ4v) is 3.81. The van der Waals surface area contributed by atoms with E-state index in [0.717, 1.165) is 28.0 Å². The molecule has 0 aliphatic carbocycles. The third-order valence-electron chi connectivity index (χ3n) is 5.98. The molecule has 0 unspecified atom stereocenters. The Balaban J connectivity index is 1.59. The maximum Gasteiger partial charge on any atom is 0.254 e. The van der Waals surface area contributed by atoms with Gasteiger partial charge in [0.2, 0.25) is 5.91 Å². The molecule has 1 aliphatic heterocycles.